The Morgan fingerprint density at radius 3 is 2.76 bits per heavy atom. The first-order valence-electron chi connectivity index (χ1n) is 10.1. The molecular formula is C24H25ClN2O2. The van der Waals surface area contributed by atoms with Crippen LogP contribution in [0.25, 0.3) is 0 Å². The Morgan fingerprint density at radius 1 is 1.21 bits per heavy atom. The van der Waals surface area contributed by atoms with E-state index in [4.69, 9.17) is 11.6 Å². The van der Waals surface area contributed by atoms with E-state index in [0.717, 1.165) is 24.1 Å². The average molecular weight is 409 g/mol. The first-order valence-corrected chi connectivity index (χ1v) is 10.5. The number of rotatable bonds is 4. The van der Waals surface area contributed by atoms with Gasteiger partial charge >= 0.3 is 0 Å². The summed E-state index contributed by atoms with van der Waals surface area (Å²) in [5.74, 6) is -0.578. The average Bonchev–Trinajstić information content (AvgIpc) is 2.73. The summed E-state index contributed by atoms with van der Waals surface area (Å²) in [5.41, 5.74) is 2.74. The molecule has 1 fully saturated rings. The molecule has 0 saturated carbocycles. The lowest BCUT2D eigenvalue weighted by atomic mass is 9.71. The van der Waals surface area contributed by atoms with E-state index in [0.29, 0.717) is 23.7 Å². The van der Waals surface area contributed by atoms with Crippen LogP contribution in [0, 0.1) is 24.7 Å². The number of allylic oxidation sites excluding steroid dienone is 2. The quantitative estimate of drug-likeness (QED) is 0.737. The SMILES string of the molecule is Cc1ccc(NC(=O)[C@H]2CC=CC3CCN(Cc4ccccc4)C(=O)C32)cc1Cl. The van der Waals surface area contributed by atoms with Crippen molar-refractivity contribution in [2.24, 2.45) is 17.8 Å². The third-order valence-electron chi connectivity index (χ3n) is 5.99. The number of fused-ring (bicyclic) bond motifs is 1. The van der Waals surface area contributed by atoms with E-state index in [9.17, 15) is 9.59 Å². The molecule has 4 rings (SSSR count). The molecule has 2 amide bonds. The van der Waals surface area contributed by atoms with Gasteiger partial charge in [-0.05, 0) is 48.9 Å². The summed E-state index contributed by atoms with van der Waals surface area (Å²) in [6, 6.07) is 15.5. The van der Waals surface area contributed by atoms with Crippen molar-refractivity contribution in [1.82, 2.24) is 4.90 Å². The smallest absolute Gasteiger partial charge is 0.228 e. The van der Waals surface area contributed by atoms with Gasteiger partial charge in [-0.2, -0.15) is 0 Å². The summed E-state index contributed by atoms with van der Waals surface area (Å²) < 4.78 is 0. The second-order valence-electron chi connectivity index (χ2n) is 7.95. The summed E-state index contributed by atoms with van der Waals surface area (Å²) in [5, 5.41) is 3.59. The van der Waals surface area contributed by atoms with Crippen LogP contribution in [0.1, 0.15) is 24.0 Å². The van der Waals surface area contributed by atoms with Gasteiger partial charge in [0.25, 0.3) is 0 Å². The fraction of sp³-hybridized carbons (Fsp3) is 0.333. The minimum absolute atomic E-state index is 0.0801. The maximum atomic E-state index is 13.3. The number of anilines is 1. The van der Waals surface area contributed by atoms with Crippen molar-refractivity contribution in [1.29, 1.82) is 0 Å². The van der Waals surface area contributed by atoms with Crippen LogP contribution in [0.15, 0.2) is 60.7 Å². The van der Waals surface area contributed by atoms with Gasteiger partial charge in [0.15, 0.2) is 0 Å². The second-order valence-corrected chi connectivity index (χ2v) is 8.35. The Labute approximate surface area is 176 Å². The summed E-state index contributed by atoms with van der Waals surface area (Å²) in [6.07, 6.45) is 5.64. The van der Waals surface area contributed by atoms with E-state index in [2.05, 4.69) is 11.4 Å². The molecule has 5 heteroatoms. The largest absolute Gasteiger partial charge is 0.338 e. The van der Waals surface area contributed by atoms with Gasteiger partial charge in [-0.15, -0.1) is 0 Å². The highest BCUT2D eigenvalue weighted by Crippen LogP contribution is 2.38. The van der Waals surface area contributed by atoms with Crippen LogP contribution < -0.4 is 5.32 Å². The van der Waals surface area contributed by atoms with Gasteiger partial charge in [-0.25, -0.2) is 0 Å². The zero-order valence-electron chi connectivity index (χ0n) is 16.5. The van der Waals surface area contributed by atoms with Gasteiger partial charge in [-0.1, -0.05) is 60.2 Å². The standard InChI is InChI=1S/C24H25ClN2O2/c1-16-10-11-19(14-21(16)25)26-23(28)20-9-5-8-18-12-13-27(24(29)22(18)20)15-17-6-3-2-4-7-17/h2-8,10-11,14,18,20,22H,9,12-13,15H2,1H3,(H,26,28)/t18?,20-,22?/m0/s1. The van der Waals surface area contributed by atoms with Gasteiger partial charge in [0.2, 0.25) is 11.8 Å². The molecule has 2 aromatic carbocycles. The number of amides is 2. The Morgan fingerprint density at radius 2 is 2.00 bits per heavy atom. The molecule has 2 unspecified atom stereocenters. The van der Waals surface area contributed by atoms with E-state index in [-0.39, 0.29) is 29.6 Å². The Bertz CT molecular complexity index is 941. The van der Waals surface area contributed by atoms with Crippen molar-refractivity contribution in [2.75, 3.05) is 11.9 Å². The van der Waals surface area contributed by atoms with Crippen LogP contribution in [0.3, 0.4) is 0 Å². The number of hydrogen-bond donors (Lipinski definition) is 1. The molecule has 0 radical (unpaired) electrons. The number of halogens is 1. The Kier molecular flexibility index (Phi) is 5.72. The van der Waals surface area contributed by atoms with Gasteiger partial charge in [0.05, 0.1) is 11.8 Å². The molecule has 1 saturated heterocycles. The minimum atomic E-state index is -0.365. The van der Waals surface area contributed by atoms with Gasteiger partial charge in [-0.3, -0.25) is 9.59 Å². The molecular weight excluding hydrogens is 384 g/mol. The van der Waals surface area contributed by atoms with Crippen molar-refractivity contribution in [3.05, 3.63) is 76.8 Å². The Balaban J connectivity index is 1.51. The minimum Gasteiger partial charge on any atom is -0.338 e. The molecule has 0 spiro atoms. The van der Waals surface area contributed by atoms with Crippen molar-refractivity contribution in [2.45, 2.75) is 26.3 Å². The van der Waals surface area contributed by atoms with E-state index in [1.807, 2.05) is 60.4 Å². The third kappa shape index (κ3) is 4.23. The zero-order valence-corrected chi connectivity index (χ0v) is 17.2. The Hall–Kier alpha value is -2.59. The van der Waals surface area contributed by atoms with Crippen LogP contribution in [-0.2, 0) is 16.1 Å². The number of nitrogens with zero attached hydrogens (tertiary/aromatic N) is 1. The number of hydrogen-bond acceptors (Lipinski definition) is 2. The number of benzene rings is 2. The van der Waals surface area contributed by atoms with Crippen LogP contribution >= 0.6 is 11.6 Å². The molecule has 0 bridgehead atoms. The van der Waals surface area contributed by atoms with E-state index in [1.165, 1.54) is 0 Å². The lowest BCUT2D eigenvalue weighted by Gasteiger charge is -2.41. The van der Waals surface area contributed by atoms with Crippen molar-refractivity contribution >= 4 is 29.1 Å². The fourth-order valence-corrected chi connectivity index (χ4v) is 4.54. The molecule has 3 atom stereocenters. The fourth-order valence-electron chi connectivity index (χ4n) is 4.36. The lowest BCUT2D eigenvalue weighted by molar-refractivity contribution is -0.147. The first kappa shape index (κ1) is 19.7. The van der Waals surface area contributed by atoms with Crippen LogP contribution in [-0.4, -0.2) is 23.3 Å². The molecule has 0 aromatic heterocycles. The van der Waals surface area contributed by atoms with E-state index >= 15 is 0 Å². The zero-order chi connectivity index (χ0) is 20.4. The molecule has 1 aliphatic heterocycles. The van der Waals surface area contributed by atoms with Gasteiger partial charge < -0.3 is 10.2 Å². The summed E-state index contributed by atoms with van der Waals surface area (Å²) in [4.78, 5) is 28.3. The van der Waals surface area contributed by atoms with Crippen LogP contribution in [0.4, 0.5) is 5.69 Å². The van der Waals surface area contributed by atoms with Crippen LogP contribution in [0.2, 0.25) is 5.02 Å². The topological polar surface area (TPSA) is 49.4 Å². The highest BCUT2D eigenvalue weighted by atomic mass is 35.5. The molecule has 2 aromatic rings. The van der Waals surface area contributed by atoms with Gasteiger partial charge in [0, 0.05) is 23.8 Å². The molecule has 1 heterocycles. The normalized spacial score (nSPS) is 23.6. The number of aryl methyl sites for hydroxylation is 1. The maximum absolute atomic E-state index is 13.3. The maximum Gasteiger partial charge on any atom is 0.228 e. The first-order chi connectivity index (χ1) is 14.0. The third-order valence-corrected chi connectivity index (χ3v) is 6.40. The summed E-state index contributed by atoms with van der Waals surface area (Å²) in [6.45, 7) is 3.24. The van der Waals surface area contributed by atoms with Crippen molar-refractivity contribution < 1.29 is 9.59 Å². The number of carbonyl (C=O) groups is 2. The monoisotopic (exact) mass is 408 g/mol. The number of carbonyl (C=O) groups excluding carboxylic acids is 2. The van der Waals surface area contributed by atoms with E-state index < -0.39 is 0 Å². The predicted octanol–water partition coefficient (Wildman–Crippen LogP) is 4.83. The lowest BCUT2D eigenvalue weighted by Crippen LogP contribution is -2.50. The molecule has 150 valence electrons. The summed E-state index contributed by atoms with van der Waals surface area (Å²) >= 11 is 6.19. The molecule has 29 heavy (non-hydrogen) atoms. The number of piperidine rings is 1. The van der Waals surface area contributed by atoms with Crippen LogP contribution in [0.5, 0.6) is 0 Å². The predicted molar refractivity (Wildman–Crippen MR) is 116 cm³/mol. The summed E-state index contributed by atoms with van der Waals surface area (Å²) in [7, 11) is 0. The van der Waals surface area contributed by atoms with Crippen molar-refractivity contribution in [3.8, 4) is 0 Å². The highest BCUT2D eigenvalue weighted by molar-refractivity contribution is 6.31. The molecule has 1 aliphatic carbocycles. The second kappa shape index (κ2) is 8.42. The molecule has 1 N–H and O–H groups in total. The molecule has 4 nitrogen and oxygen atoms in total. The number of nitrogens with one attached hydrogen (secondary N) is 1. The number of likely N-dealkylation sites (tertiary alicyclic amines) is 1. The van der Waals surface area contributed by atoms with Gasteiger partial charge in [0.1, 0.15) is 0 Å². The molecule has 2 aliphatic rings. The highest BCUT2D eigenvalue weighted by Gasteiger charge is 2.44. The van der Waals surface area contributed by atoms with E-state index in [1.54, 1.807) is 6.07 Å². The van der Waals surface area contributed by atoms with Crippen molar-refractivity contribution in [3.63, 3.8) is 0 Å².